The average Bonchev–Trinajstić information content (AvgIpc) is 2.75. The normalized spacial score (nSPS) is 10.5. The number of ether oxygens (including phenoxy) is 1. The number of carbonyl (C=O) groups excluding carboxylic acids is 1. The summed E-state index contributed by atoms with van der Waals surface area (Å²) in [4.78, 5) is 36.6. The minimum Gasteiger partial charge on any atom is -0.462 e. The van der Waals surface area contributed by atoms with Crippen LogP contribution >= 0.6 is 0 Å². The van der Waals surface area contributed by atoms with Gasteiger partial charge in [-0.25, -0.2) is 9.59 Å². The van der Waals surface area contributed by atoms with E-state index in [0.29, 0.717) is 11.3 Å². The molecule has 106 valence electrons. The lowest BCUT2D eigenvalue weighted by Gasteiger charge is -2.07. The third-order valence-corrected chi connectivity index (χ3v) is 2.77. The standard InChI is InChI=1S/C12H14N4O4/c1-3-20-11(18)8-6-13-15(2)9(8)7-16-5-4-10(17)14-12(16)19/h4-6H,3,7H2,1-2H3,(H,14,17,19). The Morgan fingerprint density at radius 1 is 1.45 bits per heavy atom. The molecule has 0 aliphatic rings. The summed E-state index contributed by atoms with van der Waals surface area (Å²) in [7, 11) is 1.66. The van der Waals surface area contributed by atoms with Crippen LogP contribution in [-0.4, -0.2) is 31.9 Å². The number of hydrogen-bond acceptors (Lipinski definition) is 5. The maximum atomic E-state index is 11.8. The summed E-state index contributed by atoms with van der Waals surface area (Å²) in [6.45, 7) is 2.08. The zero-order valence-corrected chi connectivity index (χ0v) is 11.1. The molecule has 8 heteroatoms. The first-order valence-corrected chi connectivity index (χ1v) is 6.00. The highest BCUT2D eigenvalue weighted by molar-refractivity contribution is 5.90. The minimum absolute atomic E-state index is 0.111. The molecule has 0 bridgehead atoms. The Morgan fingerprint density at radius 2 is 2.20 bits per heavy atom. The molecule has 0 saturated heterocycles. The van der Waals surface area contributed by atoms with Crippen molar-refractivity contribution in [1.82, 2.24) is 19.3 Å². The predicted octanol–water partition coefficient (Wildman–Crippen LogP) is -0.505. The highest BCUT2D eigenvalue weighted by atomic mass is 16.5. The Labute approximate surface area is 113 Å². The molecular weight excluding hydrogens is 264 g/mol. The van der Waals surface area contributed by atoms with E-state index >= 15 is 0 Å². The van der Waals surface area contributed by atoms with Gasteiger partial charge >= 0.3 is 11.7 Å². The summed E-state index contributed by atoms with van der Waals surface area (Å²) >= 11 is 0. The summed E-state index contributed by atoms with van der Waals surface area (Å²) in [5.41, 5.74) is -0.194. The molecule has 0 unspecified atom stereocenters. The number of rotatable bonds is 4. The van der Waals surface area contributed by atoms with Crippen LogP contribution in [0.1, 0.15) is 23.0 Å². The molecule has 20 heavy (non-hydrogen) atoms. The molecule has 0 saturated carbocycles. The molecule has 0 amide bonds. The SMILES string of the molecule is CCOC(=O)c1cnn(C)c1Cn1ccc(=O)[nH]c1=O. The fraction of sp³-hybridized carbons (Fsp3) is 0.333. The van der Waals surface area contributed by atoms with Crippen molar-refractivity contribution in [3.8, 4) is 0 Å². The summed E-state index contributed by atoms with van der Waals surface area (Å²) in [6, 6.07) is 1.24. The Hall–Kier alpha value is -2.64. The predicted molar refractivity (Wildman–Crippen MR) is 69.6 cm³/mol. The first-order chi connectivity index (χ1) is 9.52. The van der Waals surface area contributed by atoms with Crippen molar-refractivity contribution in [2.75, 3.05) is 6.61 Å². The number of aryl methyl sites for hydroxylation is 1. The molecule has 2 aromatic heterocycles. The molecular formula is C12H14N4O4. The van der Waals surface area contributed by atoms with Gasteiger partial charge in [-0.3, -0.25) is 19.0 Å². The van der Waals surface area contributed by atoms with E-state index in [9.17, 15) is 14.4 Å². The van der Waals surface area contributed by atoms with E-state index in [2.05, 4.69) is 10.1 Å². The van der Waals surface area contributed by atoms with Crippen LogP contribution in [0.15, 0.2) is 28.0 Å². The van der Waals surface area contributed by atoms with E-state index < -0.39 is 17.2 Å². The van der Waals surface area contributed by atoms with Gasteiger partial charge in [-0.2, -0.15) is 5.10 Å². The maximum Gasteiger partial charge on any atom is 0.341 e. The second kappa shape index (κ2) is 5.55. The zero-order valence-electron chi connectivity index (χ0n) is 11.1. The van der Waals surface area contributed by atoms with Crippen LogP contribution in [0, 0.1) is 0 Å². The molecule has 2 aromatic rings. The van der Waals surface area contributed by atoms with Crippen molar-refractivity contribution < 1.29 is 9.53 Å². The molecule has 0 spiro atoms. The van der Waals surface area contributed by atoms with Crippen molar-refractivity contribution >= 4 is 5.97 Å². The minimum atomic E-state index is -0.548. The topological polar surface area (TPSA) is 99.0 Å². The molecule has 0 aliphatic carbocycles. The third kappa shape index (κ3) is 2.68. The van der Waals surface area contributed by atoms with Gasteiger partial charge in [0.1, 0.15) is 5.56 Å². The molecule has 2 heterocycles. The van der Waals surface area contributed by atoms with Crippen molar-refractivity contribution in [2.24, 2.45) is 7.05 Å². The van der Waals surface area contributed by atoms with Crippen LogP contribution in [0.25, 0.3) is 0 Å². The third-order valence-electron chi connectivity index (χ3n) is 2.77. The highest BCUT2D eigenvalue weighted by Gasteiger charge is 2.17. The largest absolute Gasteiger partial charge is 0.462 e. The Balaban J connectivity index is 2.38. The number of carbonyl (C=O) groups is 1. The van der Waals surface area contributed by atoms with E-state index in [1.807, 2.05) is 0 Å². The first kappa shape index (κ1) is 13.8. The summed E-state index contributed by atoms with van der Waals surface area (Å²) in [6.07, 6.45) is 2.76. The highest BCUT2D eigenvalue weighted by Crippen LogP contribution is 2.10. The Kier molecular flexibility index (Phi) is 3.83. The first-order valence-electron chi connectivity index (χ1n) is 6.00. The van der Waals surface area contributed by atoms with E-state index in [0.717, 1.165) is 0 Å². The van der Waals surface area contributed by atoms with E-state index in [1.165, 1.54) is 27.7 Å². The van der Waals surface area contributed by atoms with Gasteiger partial charge in [-0.1, -0.05) is 0 Å². The van der Waals surface area contributed by atoms with Crippen LogP contribution in [0.3, 0.4) is 0 Å². The monoisotopic (exact) mass is 278 g/mol. The fourth-order valence-corrected chi connectivity index (χ4v) is 1.76. The zero-order chi connectivity index (χ0) is 14.7. The second-order valence-electron chi connectivity index (χ2n) is 4.09. The van der Waals surface area contributed by atoms with E-state index in [-0.39, 0.29) is 13.2 Å². The summed E-state index contributed by atoms with van der Waals surface area (Å²) < 4.78 is 7.70. The maximum absolute atomic E-state index is 11.8. The summed E-state index contributed by atoms with van der Waals surface area (Å²) in [5.74, 6) is -0.493. The molecule has 0 radical (unpaired) electrons. The average molecular weight is 278 g/mol. The fourth-order valence-electron chi connectivity index (χ4n) is 1.76. The molecule has 0 aliphatic heterocycles. The van der Waals surface area contributed by atoms with E-state index in [4.69, 9.17) is 4.74 Å². The number of H-pyrrole nitrogens is 1. The molecule has 0 aromatic carbocycles. The second-order valence-corrected chi connectivity index (χ2v) is 4.09. The number of hydrogen-bond donors (Lipinski definition) is 1. The van der Waals surface area contributed by atoms with Crippen molar-refractivity contribution in [3.63, 3.8) is 0 Å². The number of aromatic amines is 1. The van der Waals surface area contributed by atoms with Crippen LogP contribution in [0.5, 0.6) is 0 Å². The molecule has 0 fully saturated rings. The Bertz CT molecular complexity index is 740. The van der Waals surface area contributed by atoms with Crippen LogP contribution in [0.2, 0.25) is 0 Å². The smallest absolute Gasteiger partial charge is 0.341 e. The number of nitrogens with one attached hydrogen (secondary N) is 1. The van der Waals surface area contributed by atoms with Crippen LogP contribution in [0.4, 0.5) is 0 Å². The lowest BCUT2D eigenvalue weighted by Crippen LogP contribution is -2.29. The quantitative estimate of drug-likeness (QED) is 0.760. The van der Waals surface area contributed by atoms with E-state index in [1.54, 1.807) is 14.0 Å². The van der Waals surface area contributed by atoms with Gasteiger partial charge in [-0.15, -0.1) is 0 Å². The van der Waals surface area contributed by atoms with Crippen molar-refractivity contribution in [1.29, 1.82) is 0 Å². The molecule has 2 rings (SSSR count). The summed E-state index contributed by atoms with van der Waals surface area (Å²) in [5, 5.41) is 3.99. The van der Waals surface area contributed by atoms with Gasteiger partial charge in [0.2, 0.25) is 0 Å². The molecule has 1 N–H and O–H groups in total. The Morgan fingerprint density at radius 3 is 2.85 bits per heavy atom. The number of esters is 1. The lowest BCUT2D eigenvalue weighted by atomic mass is 10.2. The number of nitrogens with zero attached hydrogens (tertiary/aromatic N) is 3. The van der Waals surface area contributed by atoms with Crippen molar-refractivity contribution in [2.45, 2.75) is 13.5 Å². The van der Waals surface area contributed by atoms with Gasteiger partial charge in [0.15, 0.2) is 0 Å². The van der Waals surface area contributed by atoms with Crippen LogP contribution < -0.4 is 11.2 Å². The van der Waals surface area contributed by atoms with Gasteiger partial charge in [0.05, 0.1) is 25.0 Å². The van der Waals surface area contributed by atoms with Gasteiger partial charge < -0.3 is 4.74 Å². The molecule has 8 nitrogen and oxygen atoms in total. The van der Waals surface area contributed by atoms with Crippen LogP contribution in [-0.2, 0) is 18.3 Å². The molecule has 0 atom stereocenters. The van der Waals surface area contributed by atoms with Gasteiger partial charge in [-0.05, 0) is 6.92 Å². The number of aromatic nitrogens is 4. The lowest BCUT2D eigenvalue weighted by molar-refractivity contribution is 0.0524. The van der Waals surface area contributed by atoms with Gasteiger partial charge in [0, 0.05) is 19.3 Å². The van der Waals surface area contributed by atoms with Gasteiger partial charge in [0.25, 0.3) is 5.56 Å². The van der Waals surface area contributed by atoms with Crippen molar-refractivity contribution in [3.05, 3.63) is 50.6 Å².